The van der Waals surface area contributed by atoms with Gasteiger partial charge >= 0.3 is 0 Å². The largest absolute Gasteiger partial charge is 0.382 e. The number of rotatable bonds is 4. The second kappa shape index (κ2) is 7.39. The molecule has 0 aliphatic carbocycles. The molecule has 2 N–H and O–H groups in total. The van der Waals surface area contributed by atoms with Crippen molar-refractivity contribution in [1.29, 1.82) is 0 Å². The van der Waals surface area contributed by atoms with Gasteiger partial charge in [-0.1, -0.05) is 11.6 Å². The molecule has 0 bridgehead atoms. The fraction of sp³-hybridized carbons (Fsp3) is 0.526. The number of fused-ring (bicyclic) bond motifs is 3. The third-order valence-electron chi connectivity index (χ3n) is 5.17. The Morgan fingerprint density at radius 2 is 2.17 bits per heavy atom. The number of hydrogen-bond donors (Lipinski definition) is 2. The molecular formula is C19H24ClN5O3S. The van der Waals surface area contributed by atoms with Crippen LogP contribution in [0.1, 0.15) is 32.5 Å². The average molecular weight is 438 g/mol. The summed E-state index contributed by atoms with van der Waals surface area (Å²) in [7, 11) is 2.03. The molecule has 3 aromatic rings. The van der Waals surface area contributed by atoms with Gasteiger partial charge in [0.2, 0.25) is 5.91 Å². The lowest BCUT2D eigenvalue weighted by Gasteiger charge is -2.30. The predicted molar refractivity (Wildman–Crippen MR) is 114 cm³/mol. The first-order valence-electron chi connectivity index (χ1n) is 9.56. The van der Waals surface area contributed by atoms with Gasteiger partial charge < -0.3 is 15.3 Å². The van der Waals surface area contributed by atoms with Gasteiger partial charge in [0, 0.05) is 12.6 Å². The Hall–Kier alpha value is -1.94. The van der Waals surface area contributed by atoms with Crippen LogP contribution in [0.15, 0.2) is 16.9 Å². The van der Waals surface area contributed by atoms with Crippen LogP contribution in [0.25, 0.3) is 15.7 Å². The number of aromatic nitrogens is 3. The Balaban J connectivity index is 1.72. The van der Waals surface area contributed by atoms with E-state index in [0.717, 1.165) is 40.8 Å². The van der Waals surface area contributed by atoms with Crippen LogP contribution < -0.4 is 10.9 Å². The SMILES string of the molecule is CN1CCCC(NC(=O)Cn2nc(C(C)(C)O)n3c(cc4sc(Cl)cc43)c2=O)C1. The second-order valence-corrected chi connectivity index (χ2v) is 9.89. The van der Waals surface area contributed by atoms with E-state index in [1.54, 1.807) is 30.4 Å². The van der Waals surface area contributed by atoms with Crippen molar-refractivity contribution >= 4 is 44.6 Å². The van der Waals surface area contributed by atoms with Gasteiger partial charge in [0.1, 0.15) is 17.7 Å². The zero-order valence-electron chi connectivity index (χ0n) is 16.6. The Morgan fingerprint density at radius 3 is 2.86 bits per heavy atom. The highest BCUT2D eigenvalue weighted by Gasteiger charge is 2.27. The van der Waals surface area contributed by atoms with Crippen LogP contribution >= 0.6 is 22.9 Å². The Bertz CT molecular complexity index is 1140. The maximum Gasteiger partial charge on any atom is 0.291 e. The van der Waals surface area contributed by atoms with Gasteiger partial charge in [0.25, 0.3) is 5.56 Å². The number of likely N-dealkylation sites (N-methyl/N-ethyl adjacent to an activating group) is 1. The molecule has 0 spiro atoms. The van der Waals surface area contributed by atoms with Crippen molar-refractivity contribution in [2.45, 2.75) is 44.9 Å². The number of thiophene rings is 1. The lowest BCUT2D eigenvalue weighted by molar-refractivity contribution is -0.123. The Kier molecular flexibility index (Phi) is 5.18. The van der Waals surface area contributed by atoms with E-state index >= 15 is 0 Å². The number of nitrogens with zero attached hydrogens (tertiary/aromatic N) is 4. The summed E-state index contributed by atoms with van der Waals surface area (Å²) < 4.78 is 4.18. The first kappa shape index (κ1) is 20.3. The highest BCUT2D eigenvalue weighted by molar-refractivity contribution is 7.22. The molecule has 1 atom stereocenters. The van der Waals surface area contributed by atoms with E-state index in [1.807, 2.05) is 7.05 Å². The monoisotopic (exact) mass is 437 g/mol. The van der Waals surface area contributed by atoms with Crippen molar-refractivity contribution in [1.82, 2.24) is 24.4 Å². The van der Waals surface area contributed by atoms with Crippen LogP contribution in [0.4, 0.5) is 0 Å². The van der Waals surface area contributed by atoms with Crippen molar-refractivity contribution in [3.8, 4) is 0 Å². The molecular weight excluding hydrogens is 414 g/mol. The topological polar surface area (TPSA) is 91.9 Å². The Morgan fingerprint density at radius 1 is 1.41 bits per heavy atom. The molecule has 0 radical (unpaired) electrons. The summed E-state index contributed by atoms with van der Waals surface area (Å²) in [4.78, 5) is 27.8. The van der Waals surface area contributed by atoms with E-state index in [0.29, 0.717) is 9.85 Å². The number of piperidine rings is 1. The number of aliphatic hydroxyl groups is 1. The third kappa shape index (κ3) is 3.92. The number of likely N-dealkylation sites (tertiary alicyclic amines) is 1. The minimum absolute atomic E-state index is 0.0650. The van der Waals surface area contributed by atoms with Gasteiger partial charge in [0.15, 0.2) is 5.82 Å². The minimum atomic E-state index is -1.32. The zero-order valence-corrected chi connectivity index (χ0v) is 18.2. The van der Waals surface area contributed by atoms with Crippen LogP contribution in [0.2, 0.25) is 4.34 Å². The van der Waals surface area contributed by atoms with Gasteiger partial charge in [-0.25, -0.2) is 4.68 Å². The molecule has 1 saturated heterocycles. The molecule has 156 valence electrons. The van der Waals surface area contributed by atoms with Crippen LogP contribution in [0.3, 0.4) is 0 Å². The normalized spacial score (nSPS) is 18.6. The van der Waals surface area contributed by atoms with Crippen LogP contribution in [-0.2, 0) is 16.9 Å². The molecule has 8 nitrogen and oxygen atoms in total. The predicted octanol–water partition coefficient (Wildman–Crippen LogP) is 1.80. The van der Waals surface area contributed by atoms with Crippen LogP contribution in [0.5, 0.6) is 0 Å². The van der Waals surface area contributed by atoms with Crippen molar-refractivity contribution in [3.05, 3.63) is 32.6 Å². The van der Waals surface area contributed by atoms with Crippen molar-refractivity contribution in [3.63, 3.8) is 0 Å². The number of carbonyl (C=O) groups is 1. The molecule has 1 unspecified atom stereocenters. The summed E-state index contributed by atoms with van der Waals surface area (Å²) in [6.07, 6.45) is 1.94. The summed E-state index contributed by atoms with van der Waals surface area (Å²) >= 11 is 7.47. The molecule has 29 heavy (non-hydrogen) atoms. The van der Waals surface area contributed by atoms with Crippen molar-refractivity contribution in [2.24, 2.45) is 0 Å². The van der Waals surface area contributed by atoms with Crippen LogP contribution in [0, 0.1) is 0 Å². The van der Waals surface area contributed by atoms with Crippen LogP contribution in [-0.4, -0.2) is 56.3 Å². The van der Waals surface area contributed by atoms with E-state index in [4.69, 9.17) is 11.6 Å². The summed E-state index contributed by atoms with van der Waals surface area (Å²) in [6.45, 7) is 4.81. The molecule has 1 amide bonds. The third-order valence-corrected chi connectivity index (χ3v) is 6.37. The van der Waals surface area contributed by atoms with E-state index in [-0.39, 0.29) is 29.9 Å². The lowest BCUT2D eigenvalue weighted by Crippen LogP contribution is -2.48. The van der Waals surface area contributed by atoms with Crippen molar-refractivity contribution in [2.75, 3.05) is 20.1 Å². The number of hydrogen-bond acceptors (Lipinski definition) is 6. The molecule has 4 heterocycles. The van der Waals surface area contributed by atoms with Crippen molar-refractivity contribution < 1.29 is 9.90 Å². The molecule has 1 aliphatic rings. The average Bonchev–Trinajstić information content (AvgIpc) is 3.13. The van der Waals surface area contributed by atoms with Gasteiger partial charge in [-0.15, -0.1) is 11.3 Å². The number of amides is 1. The number of nitrogens with one attached hydrogen (secondary N) is 1. The maximum absolute atomic E-state index is 13.0. The molecule has 1 fully saturated rings. The number of halogens is 1. The minimum Gasteiger partial charge on any atom is -0.382 e. The standard InChI is InChI=1S/C19H24ClN5O3S/c1-19(2,28)18-22-24(10-16(26)21-11-5-4-6-23(3)9-11)17(27)13-7-14-12(25(13)18)8-15(20)29-14/h7-8,11,28H,4-6,9-10H2,1-3H3,(H,21,26). The highest BCUT2D eigenvalue weighted by Crippen LogP contribution is 2.33. The first-order chi connectivity index (χ1) is 13.6. The quantitative estimate of drug-likeness (QED) is 0.649. The molecule has 10 heteroatoms. The second-order valence-electron chi connectivity index (χ2n) is 8.18. The summed E-state index contributed by atoms with van der Waals surface area (Å²) in [5.41, 5.74) is -0.622. The van der Waals surface area contributed by atoms with Gasteiger partial charge in [-0.2, -0.15) is 5.10 Å². The van der Waals surface area contributed by atoms with Gasteiger partial charge in [-0.3, -0.25) is 14.0 Å². The first-order valence-corrected chi connectivity index (χ1v) is 10.8. The van der Waals surface area contributed by atoms with E-state index < -0.39 is 5.60 Å². The maximum atomic E-state index is 13.0. The smallest absolute Gasteiger partial charge is 0.291 e. The fourth-order valence-corrected chi connectivity index (χ4v) is 5.04. The highest BCUT2D eigenvalue weighted by atomic mass is 35.5. The molecule has 0 saturated carbocycles. The number of carbonyl (C=O) groups excluding carboxylic acids is 1. The van der Waals surface area contributed by atoms with E-state index in [2.05, 4.69) is 15.3 Å². The molecule has 0 aromatic carbocycles. The fourth-order valence-electron chi connectivity index (χ4n) is 3.88. The summed E-state index contributed by atoms with van der Waals surface area (Å²) in [6, 6.07) is 3.55. The van der Waals surface area contributed by atoms with Gasteiger partial charge in [-0.05, 0) is 52.4 Å². The zero-order chi connectivity index (χ0) is 20.9. The van der Waals surface area contributed by atoms with E-state index in [1.165, 1.54) is 11.3 Å². The molecule has 1 aliphatic heterocycles. The lowest BCUT2D eigenvalue weighted by atomic mass is 10.1. The summed E-state index contributed by atoms with van der Waals surface area (Å²) in [5, 5.41) is 18.0. The molecule has 4 rings (SSSR count). The molecule has 3 aromatic heterocycles. The Labute approximate surface area is 176 Å². The van der Waals surface area contributed by atoms with E-state index in [9.17, 15) is 14.7 Å². The van der Waals surface area contributed by atoms with Gasteiger partial charge in [0.05, 0.1) is 14.6 Å². The summed E-state index contributed by atoms with van der Waals surface area (Å²) in [5.74, 6) is 0.0177.